The van der Waals surface area contributed by atoms with Crippen LogP contribution in [0.25, 0.3) is 0 Å². The second kappa shape index (κ2) is 6.23. The summed E-state index contributed by atoms with van der Waals surface area (Å²) < 4.78 is 1.71. The molecule has 1 aromatic rings. The van der Waals surface area contributed by atoms with Crippen molar-refractivity contribution < 1.29 is 5.11 Å². The normalized spacial score (nSPS) is 11.4. The number of aliphatic hydroxyl groups is 1. The third kappa shape index (κ3) is 3.20. The number of nitrogens with zero attached hydrogens (tertiary/aromatic N) is 2. The van der Waals surface area contributed by atoms with Crippen molar-refractivity contribution in [2.75, 3.05) is 13.2 Å². The smallest absolute Gasteiger partial charge is 0.131 e. The average molecular weight is 246 g/mol. The van der Waals surface area contributed by atoms with Gasteiger partial charge in [0, 0.05) is 25.8 Å². The van der Waals surface area contributed by atoms with E-state index in [0.717, 1.165) is 24.2 Å². The first-order chi connectivity index (χ1) is 7.57. The third-order valence-electron chi connectivity index (χ3n) is 2.46. The van der Waals surface area contributed by atoms with E-state index in [1.165, 1.54) is 0 Å². The van der Waals surface area contributed by atoms with E-state index in [9.17, 15) is 0 Å². The summed E-state index contributed by atoms with van der Waals surface area (Å²) in [4.78, 5) is 0. The maximum atomic E-state index is 8.68. The molecule has 0 aromatic carbocycles. The van der Waals surface area contributed by atoms with E-state index >= 15 is 0 Å². The summed E-state index contributed by atoms with van der Waals surface area (Å²) in [6, 6.07) is 0. The van der Waals surface area contributed by atoms with Crippen LogP contribution in [0.2, 0.25) is 5.15 Å². The molecule has 0 saturated heterocycles. The number of aryl methyl sites for hydroxylation is 1. The van der Waals surface area contributed by atoms with Crippen LogP contribution in [0.5, 0.6) is 0 Å². The molecule has 0 aliphatic rings. The van der Waals surface area contributed by atoms with Crippen molar-refractivity contribution in [2.45, 2.75) is 32.7 Å². The lowest BCUT2D eigenvalue weighted by atomic mass is 10.1. The molecule has 0 amide bonds. The van der Waals surface area contributed by atoms with Crippen LogP contribution in [0.15, 0.2) is 0 Å². The van der Waals surface area contributed by atoms with Gasteiger partial charge in [0.15, 0.2) is 0 Å². The van der Waals surface area contributed by atoms with Gasteiger partial charge in [-0.2, -0.15) is 5.10 Å². The predicted molar refractivity (Wildman–Crippen MR) is 65.7 cm³/mol. The van der Waals surface area contributed by atoms with Crippen molar-refractivity contribution >= 4 is 11.6 Å². The average Bonchev–Trinajstić information content (AvgIpc) is 2.52. The van der Waals surface area contributed by atoms with Crippen molar-refractivity contribution in [1.29, 1.82) is 0 Å². The van der Waals surface area contributed by atoms with E-state index in [-0.39, 0.29) is 6.61 Å². The highest BCUT2D eigenvalue weighted by atomic mass is 35.5. The predicted octanol–water partition coefficient (Wildman–Crippen LogP) is 1.67. The second-order valence-corrected chi connectivity index (χ2v) is 4.54. The summed E-state index contributed by atoms with van der Waals surface area (Å²) >= 11 is 6.18. The molecule has 1 heterocycles. The van der Waals surface area contributed by atoms with Gasteiger partial charge in [-0.3, -0.25) is 4.68 Å². The minimum atomic E-state index is 0.213. The van der Waals surface area contributed by atoms with Gasteiger partial charge in [0.2, 0.25) is 0 Å². The van der Waals surface area contributed by atoms with Gasteiger partial charge < -0.3 is 10.4 Å². The number of halogens is 1. The number of rotatable bonds is 6. The summed E-state index contributed by atoms with van der Waals surface area (Å²) in [5, 5.41) is 17.0. The number of aromatic nitrogens is 2. The van der Waals surface area contributed by atoms with Crippen LogP contribution in [0, 0.1) is 0 Å². The Bertz CT molecular complexity index is 336. The Morgan fingerprint density at radius 1 is 1.50 bits per heavy atom. The number of nitrogens with one attached hydrogen (secondary N) is 1. The highest BCUT2D eigenvalue weighted by molar-refractivity contribution is 6.30. The number of hydrogen-bond donors (Lipinski definition) is 2. The Kier molecular flexibility index (Phi) is 5.25. The van der Waals surface area contributed by atoms with Crippen LogP contribution in [0.4, 0.5) is 0 Å². The highest BCUT2D eigenvalue weighted by Gasteiger charge is 2.16. The Morgan fingerprint density at radius 3 is 2.75 bits per heavy atom. The zero-order valence-electron chi connectivity index (χ0n) is 10.1. The zero-order valence-corrected chi connectivity index (χ0v) is 10.9. The SMILES string of the molecule is CC(C)c1nn(C)c(Cl)c1CNCCCO. The summed E-state index contributed by atoms with van der Waals surface area (Å²) in [5.41, 5.74) is 2.11. The molecule has 0 fully saturated rings. The fourth-order valence-electron chi connectivity index (χ4n) is 1.61. The Morgan fingerprint density at radius 2 is 2.19 bits per heavy atom. The Balaban J connectivity index is 2.69. The molecule has 0 bridgehead atoms. The van der Waals surface area contributed by atoms with E-state index in [1.54, 1.807) is 4.68 Å². The molecular weight excluding hydrogens is 226 g/mol. The second-order valence-electron chi connectivity index (χ2n) is 4.19. The first-order valence-electron chi connectivity index (χ1n) is 5.60. The fourth-order valence-corrected chi connectivity index (χ4v) is 1.81. The van der Waals surface area contributed by atoms with Crippen LogP contribution < -0.4 is 5.32 Å². The number of hydrogen-bond acceptors (Lipinski definition) is 3. The molecule has 0 saturated carbocycles. The van der Waals surface area contributed by atoms with Crippen molar-refractivity contribution in [3.05, 3.63) is 16.4 Å². The summed E-state index contributed by atoms with van der Waals surface area (Å²) in [5.74, 6) is 0.369. The molecule has 0 aliphatic carbocycles. The van der Waals surface area contributed by atoms with Gasteiger partial charge in [-0.05, 0) is 18.9 Å². The summed E-state index contributed by atoms with van der Waals surface area (Å²) in [6.45, 7) is 5.93. The standard InChI is InChI=1S/C11H20ClN3O/c1-8(2)10-9(7-13-5-4-6-16)11(12)15(3)14-10/h8,13,16H,4-7H2,1-3H3. The largest absolute Gasteiger partial charge is 0.396 e. The van der Waals surface area contributed by atoms with Crippen LogP contribution >= 0.6 is 11.6 Å². The van der Waals surface area contributed by atoms with Crippen LogP contribution in [-0.4, -0.2) is 28.0 Å². The van der Waals surface area contributed by atoms with E-state index in [4.69, 9.17) is 16.7 Å². The van der Waals surface area contributed by atoms with Gasteiger partial charge >= 0.3 is 0 Å². The molecule has 92 valence electrons. The van der Waals surface area contributed by atoms with Crippen LogP contribution in [-0.2, 0) is 13.6 Å². The molecule has 0 aliphatic heterocycles. The molecule has 0 radical (unpaired) electrons. The summed E-state index contributed by atoms with van der Waals surface area (Å²) in [6.07, 6.45) is 0.759. The molecule has 4 nitrogen and oxygen atoms in total. The Labute approximate surface area is 102 Å². The molecule has 0 unspecified atom stereocenters. The first-order valence-corrected chi connectivity index (χ1v) is 5.98. The van der Waals surface area contributed by atoms with E-state index in [0.29, 0.717) is 17.6 Å². The van der Waals surface area contributed by atoms with Crippen molar-refractivity contribution in [3.63, 3.8) is 0 Å². The molecule has 0 atom stereocenters. The molecule has 16 heavy (non-hydrogen) atoms. The van der Waals surface area contributed by atoms with Gasteiger partial charge in [0.25, 0.3) is 0 Å². The van der Waals surface area contributed by atoms with Gasteiger partial charge in [0.1, 0.15) is 5.15 Å². The van der Waals surface area contributed by atoms with E-state index in [1.807, 2.05) is 7.05 Å². The zero-order chi connectivity index (χ0) is 12.1. The lowest BCUT2D eigenvalue weighted by molar-refractivity contribution is 0.286. The maximum Gasteiger partial charge on any atom is 0.131 e. The molecular formula is C11H20ClN3O. The fraction of sp³-hybridized carbons (Fsp3) is 0.727. The summed E-state index contributed by atoms with van der Waals surface area (Å²) in [7, 11) is 1.85. The topological polar surface area (TPSA) is 50.1 Å². The van der Waals surface area contributed by atoms with E-state index < -0.39 is 0 Å². The van der Waals surface area contributed by atoms with E-state index in [2.05, 4.69) is 24.3 Å². The lowest BCUT2D eigenvalue weighted by Gasteiger charge is -2.07. The molecule has 1 aromatic heterocycles. The minimum Gasteiger partial charge on any atom is -0.396 e. The molecule has 5 heteroatoms. The first kappa shape index (κ1) is 13.5. The quantitative estimate of drug-likeness (QED) is 0.750. The molecule has 1 rings (SSSR count). The highest BCUT2D eigenvalue weighted by Crippen LogP contribution is 2.24. The van der Waals surface area contributed by atoms with Gasteiger partial charge in [0.05, 0.1) is 5.69 Å². The monoisotopic (exact) mass is 245 g/mol. The van der Waals surface area contributed by atoms with Gasteiger partial charge in [-0.15, -0.1) is 0 Å². The van der Waals surface area contributed by atoms with Crippen molar-refractivity contribution in [2.24, 2.45) is 7.05 Å². The maximum absolute atomic E-state index is 8.68. The van der Waals surface area contributed by atoms with Crippen LogP contribution in [0.3, 0.4) is 0 Å². The molecule has 2 N–H and O–H groups in total. The van der Waals surface area contributed by atoms with Crippen LogP contribution in [0.1, 0.15) is 37.4 Å². The molecule has 0 spiro atoms. The van der Waals surface area contributed by atoms with Crippen molar-refractivity contribution in [3.8, 4) is 0 Å². The van der Waals surface area contributed by atoms with Crippen molar-refractivity contribution in [1.82, 2.24) is 15.1 Å². The number of aliphatic hydroxyl groups excluding tert-OH is 1. The Hall–Kier alpha value is -0.580. The van der Waals surface area contributed by atoms with Gasteiger partial charge in [-0.25, -0.2) is 0 Å². The van der Waals surface area contributed by atoms with Gasteiger partial charge in [-0.1, -0.05) is 25.4 Å². The third-order valence-corrected chi connectivity index (χ3v) is 2.93. The minimum absolute atomic E-state index is 0.213. The lowest BCUT2D eigenvalue weighted by Crippen LogP contribution is -2.16.